The minimum Gasteiger partial charge on any atom is -0.457 e. The number of alkyl halides is 3. The highest BCUT2D eigenvalue weighted by molar-refractivity contribution is 6.09. The van der Waals surface area contributed by atoms with E-state index in [9.17, 15) is 22.4 Å². The van der Waals surface area contributed by atoms with Gasteiger partial charge in [-0.3, -0.25) is 15.2 Å². The number of aromatic nitrogens is 2. The van der Waals surface area contributed by atoms with Crippen molar-refractivity contribution in [1.29, 1.82) is 0 Å². The highest BCUT2D eigenvalue weighted by Gasteiger charge is 2.33. The van der Waals surface area contributed by atoms with Gasteiger partial charge in [-0.25, -0.2) is 9.38 Å². The molecule has 0 saturated heterocycles. The second-order valence-electron chi connectivity index (χ2n) is 6.62. The second kappa shape index (κ2) is 8.05. The van der Waals surface area contributed by atoms with E-state index >= 15 is 0 Å². The molecule has 0 atom stereocenters. The number of nitrogens with one attached hydrogen (secondary N) is 3. The van der Waals surface area contributed by atoms with E-state index in [1.807, 2.05) is 5.10 Å². The van der Waals surface area contributed by atoms with Crippen molar-refractivity contribution in [3.8, 4) is 0 Å². The first-order valence-electron chi connectivity index (χ1n) is 8.59. The van der Waals surface area contributed by atoms with Crippen LogP contribution in [0.1, 0.15) is 29.9 Å². The van der Waals surface area contributed by atoms with Crippen LogP contribution in [-0.4, -0.2) is 34.4 Å². The summed E-state index contributed by atoms with van der Waals surface area (Å²) in [6.45, 7) is 3.28. The number of rotatable bonds is 4. The molecule has 2 heterocycles. The van der Waals surface area contributed by atoms with Crippen LogP contribution in [0.5, 0.6) is 0 Å². The summed E-state index contributed by atoms with van der Waals surface area (Å²) in [5.41, 5.74) is -0.962. The van der Waals surface area contributed by atoms with Crippen LogP contribution < -0.4 is 10.6 Å². The highest BCUT2D eigenvalue weighted by Crippen LogP contribution is 2.28. The molecule has 2 aromatic rings. The van der Waals surface area contributed by atoms with Crippen molar-refractivity contribution in [2.45, 2.75) is 25.8 Å². The zero-order valence-corrected chi connectivity index (χ0v) is 15.8. The molecular weight excluding hydrogens is 410 g/mol. The summed E-state index contributed by atoms with van der Waals surface area (Å²) in [4.78, 5) is 16.5. The van der Waals surface area contributed by atoms with E-state index in [2.05, 4.69) is 20.7 Å². The Morgan fingerprint density at radius 3 is 2.53 bits per heavy atom. The van der Waals surface area contributed by atoms with Crippen molar-refractivity contribution in [3.05, 3.63) is 59.4 Å². The first kappa shape index (κ1) is 21.1. The number of aromatic amines is 1. The molecule has 3 N–H and O–H groups in total. The molecule has 0 spiro atoms. The van der Waals surface area contributed by atoms with E-state index in [1.165, 1.54) is 18.4 Å². The van der Waals surface area contributed by atoms with Crippen LogP contribution in [-0.2, 0) is 15.7 Å². The second-order valence-corrected chi connectivity index (χ2v) is 6.62. The summed E-state index contributed by atoms with van der Waals surface area (Å²) in [6.07, 6.45) is -3.27. The van der Waals surface area contributed by atoms with Gasteiger partial charge < -0.3 is 14.8 Å². The minimum atomic E-state index is -4.62. The van der Waals surface area contributed by atoms with Gasteiger partial charge in [-0.1, -0.05) is 0 Å². The fraction of sp³-hybridized carbons (Fsp3) is 0.278. The van der Waals surface area contributed by atoms with Gasteiger partial charge in [-0.15, -0.1) is 0 Å². The van der Waals surface area contributed by atoms with Gasteiger partial charge in [-0.2, -0.15) is 18.3 Å². The number of hydrogen-bond donors (Lipinski definition) is 3. The molecule has 1 aliphatic rings. The fourth-order valence-electron chi connectivity index (χ4n) is 2.34. The third-order valence-corrected chi connectivity index (χ3v) is 3.71. The number of amides is 1. The minimum absolute atomic E-state index is 0.0774. The van der Waals surface area contributed by atoms with Crippen molar-refractivity contribution in [2.75, 3.05) is 11.9 Å². The molecule has 0 aliphatic carbocycles. The van der Waals surface area contributed by atoms with Crippen LogP contribution in [0.15, 0.2) is 47.3 Å². The predicted octanol–water partition coefficient (Wildman–Crippen LogP) is 3.39. The fourth-order valence-corrected chi connectivity index (χ4v) is 2.34. The molecule has 30 heavy (non-hydrogen) atoms. The number of H-pyrrole nitrogens is 1. The lowest BCUT2D eigenvalue weighted by Crippen LogP contribution is -2.36. The molecule has 1 aliphatic heterocycles. The normalized spacial score (nSPS) is 15.8. The zero-order valence-electron chi connectivity index (χ0n) is 15.8. The lowest BCUT2D eigenvalue weighted by molar-refractivity contribution is -0.141. The van der Waals surface area contributed by atoms with Crippen LogP contribution in [0, 0.1) is 5.82 Å². The first-order chi connectivity index (χ1) is 14.0. The summed E-state index contributed by atoms with van der Waals surface area (Å²) in [5.74, 6) is -2.14. The smallest absolute Gasteiger partial charge is 0.432 e. The Balaban J connectivity index is 1.77. The summed E-state index contributed by atoms with van der Waals surface area (Å²) in [5, 5.41) is 10.3. The number of halogens is 4. The van der Waals surface area contributed by atoms with Crippen LogP contribution in [0.25, 0.3) is 0 Å². The maximum Gasteiger partial charge on any atom is 0.432 e. The molecule has 1 aromatic heterocycles. The first-order valence-corrected chi connectivity index (χ1v) is 8.59. The van der Waals surface area contributed by atoms with Crippen molar-refractivity contribution in [1.82, 2.24) is 15.5 Å². The number of carbonyl (C=O) groups excluding carboxylic acids is 1. The van der Waals surface area contributed by atoms with E-state index < -0.39 is 29.4 Å². The molecule has 0 saturated carbocycles. The van der Waals surface area contributed by atoms with Crippen LogP contribution >= 0.6 is 0 Å². The molecule has 0 radical (unpaired) electrons. The maximum absolute atomic E-state index is 13.1. The molecule has 0 unspecified atom stereocenters. The van der Waals surface area contributed by atoms with Gasteiger partial charge in [0.25, 0.3) is 5.91 Å². The summed E-state index contributed by atoms with van der Waals surface area (Å²) < 4.78 is 62.1. The number of benzene rings is 1. The van der Waals surface area contributed by atoms with E-state index in [0.29, 0.717) is 5.76 Å². The molecule has 1 aromatic carbocycles. The van der Waals surface area contributed by atoms with Crippen molar-refractivity contribution < 1.29 is 31.8 Å². The molecule has 0 bridgehead atoms. The van der Waals surface area contributed by atoms with Gasteiger partial charge in [0.1, 0.15) is 24.3 Å². The summed E-state index contributed by atoms with van der Waals surface area (Å²) in [6, 6.07) is 5.41. The SMILES string of the molecule is CC1(C)OC=C(CN=C(NC(=O)c2ccc(F)cc2)Nc2cc(C(F)(F)F)[nH]n2)O1. The van der Waals surface area contributed by atoms with Gasteiger partial charge in [0.2, 0.25) is 11.7 Å². The maximum atomic E-state index is 13.1. The summed E-state index contributed by atoms with van der Waals surface area (Å²) >= 11 is 0. The Hall–Kier alpha value is -3.57. The number of carbonyl (C=O) groups is 1. The highest BCUT2D eigenvalue weighted by atomic mass is 19.4. The Labute approximate surface area is 168 Å². The zero-order chi connectivity index (χ0) is 21.9. The van der Waals surface area contributed by atoms with Gasteiger partial charge >= 0.3 is 6.18 Å². The largest absolute Gasteiger partial charge is 0.457 e. The number of ether oxygens (including phenoxy) is 2. The third-order valence-electron chi connectivity index (χ3n) is 3.71. The van der Waals surface area contributed by atoms with Gasteiger partial charge in [-0.05, 0) is 24.3 Å². The number of hydrogen-bond acceptors (Lipinski definition) is 5. The summed E-state index contributed by atoms with van der Waals surface area (Å²) in [7, 11) is 0. The Morgan fingerprint density at radius 1 is 1.27 bits per heavy atom. The monoisotopic (exact) mass is 427 g/mol. The number of nitrogens with zero attached hydrogens (tertiary/aromatic N) is 2. The predicted molar refractivity (Wildman–Crippen MR) is 97.7 cm³/mol. The molecule has 1 amide bonds. The molecule has 3 rings (SSSR count). The number of anilines is 1. The topological polar surface area (TPSA) is 101 Å². The molecule has 12 heteroatoms. The molecule has 160 valence electrons. The van der Waals surface area contributed by atoms with Crippen LogP contribution in [0.4, 0.5) is 23.4 Å². The quantitative estimate of drug-likeness (QED) is 0.395. The van der Waals surface area contributed by atoms with Gasteiger partial charge in [0, 0.05) is 25.5 Å². The van der Waals surface area contributed by atoms with Crippen molar-refractivity contribution in [2.24, 2.45) is 4.99 Å². The van der Waals surface area contributed by atoms with Crippen molar-refractivity contribution in [3.63, 3.8) is 0 Å². The Bertz CT molecular complexity index is 980. The molecule has 8 nitrogen and oxygen atoms in total. The average molecular weight is 427 g/mol. The Kier molecular flexibility index (Phi) is 5.67. The average Bonchev–Trinajstić information content (AvgIpc) is 3.26. The third kappa shape index (κ3) is 5.49. The van der Waals surface area contributed by atoms with Crippen molar-refractivity contribution >= 4 is 17.7 Å². The standard InChI is InChI=1S/C18H17F4N5O3/c1-17(2)29-9-12(30-17)8-23-16(24-14-7-13(26-27-14)18(20,21)22)25-15(28)10-3-5-11(19)6-4-10/h3-7,9H,8H2,1-2H3,(H3,23,24,25,26,27,28). The van der Waals surface area contributed by atoms with E-state index in [1.54, 1.807) is 13.8 Å². The number of guanidine groups is 1. The van der Waals surface area contributed by atoms with E-state index in [0.717, 1.165) is 18.2 Å². The van der Waals surface area contributed by atoms with Gasteiger partial charge in [0.05, 0.1) is 0 Å². The Morgan fingerprint density at radius 2 is 1.97 bits per heavy atom. The lowest BCUT2D eigenvalue weighted by atomic mass is 10.2. The van der Waals surface area contributed by atoms with E-state index in [-0.39, 0.29) is 23.9 Å². The lowest BCUT2D eigenvalue weighted by Gasteiger charge is -2.17. The van der Waals surface area contributed by atoms with Crippen LogP contribution in [0.3, 0.4) is 0 Å². The molecule has 0 fully saturated rings. The number of aliphatic imine (C=N–C) groups is 1. The van der Waals surface area contributed by atoms with Gasteiger partial charge in [0.15, 0.2) is 11.6 Å². The van der Waals surface area contributed by atoms with Crippen LogP contribution in [0.2, 0.25) is 0 Å². The van der Waals surface area contributed by atoms with E-state index in [4.69, 9.17) is 9.47 Å². The molecular formula is C18H17F4N5O3.